The first kappa shape index (κ1) is 47.3. The molecule has 0 aromatic carbocycles. The number of carbonyl (C=O) groups excluding carboxylic acids is 3. The standard InChI is InChI=1S/C41H74N2O7/c1-3-5-7-9-11-12-13-14-15-16-17-18-20-22-26-30-36(50-40(47)33-29-25-19-10-8-6-4-2)31-27-23-21-24-28-32-38(45)42-34-39(46)43-37(35-44)41(48)49/h13-14,16-17,36-37,44H,3-12,15,18-35H2,1-2H3,(H,42,45)(H,43,46)(H,48,49)/b14-13-,17-16-. The number of allylic oxidation sites excluding steroid dienone is 4. The van der Waals surface area contributed by atoms with E-state index in [4.69, 9.17) is 14.9 Å². The highest BCUT2D eigenvalue weighted by Gasteiger charge is 2.19. The number of esters is 1. The average molecular weight is 707 g/mol. The lowest BCUT2D eigenvalue weighted by Gasteiger charge is -2.18. The molecule has 0 aliphatic carbocycles. The molecule has 0 heterocycles. The van der Waals surface area contributed by atoms with Gasteiger partial charge in [-0.15, -0.1) is 0 Å². The second-order valence-electron chi connectivity index (χ2n) is 13.7. The first-order valence-electron chi connectivity index (χ1n) is 20.2. The number of carboxylic acids is 1. The van der Waals surface area contributed by atoms with Crippen molar-refractivity contribution in [3.8, 4) is 0 Å². The van der Waals surface area contributed by atoms with E-state index in [1.807, 2.05) is 0 Å². The third-order valence-corrected chi connectivity index (χ3v) is 8.95. The van der Waals surface area contributed by atoms with Crippen LogP contribution in [0.2, 0.25) is 0 Å². The van der Waals surface area contributed by atoms with E-state index < -0.39 is 24.5 Å². The van der Waals surface area contributed by atoms with E-state index in [1.54, 1.807) is 0 Å². The molecule has 290 valence electrons. The van der Waals surface area contributed by atoms with Crippen LogP contribution in [0.5, 0.6) is 0 Å². The number of unbranched alkanes of at least 4 members (excludes halogenated alkanes) is 18. The molecular weight excluding hydrogens is 632 g/mol. The molecule has 0 bridgehead atoms. The SMILES string of the molecule is CCCCCCC/C=C\C/C=C\CCCCCC(CCCCCCCC(=O)NCC(=O)NC(CO)C(=O)O)OC(=O)CCCCCCCCC. The predicted molar refractivity (Wildman–Crippen MR) is 204 cm³/mol. The van der Waals surface area contributed by atoms with Crippen LogP contribution >= 0.6 is 0 Å². The minimum absolute atomic E-state index is 0.0295. The maximum absolute atomic E-state index is 12.6. The second kappa shape index (κ2) is 36.1. The molecule has 2 atom stereocenters. The van der Waals surface area contributed by atoms with E-state index in [2.05, 4.69) is 48.8 Å². The Morgan fingerprint density at radius 3 is 1.62 bits per heavy atom. The first-order valence-corrected chi connectivity index (χ1v) is 20.2. The quantitative estimate of drug-likeness (QED) is 0.0289. The topological polar surface area (TPSA) is 142 Å². The van der Waals surface area contributed by atoms with Crippen LogP contribution in [-0.4, -0.2) is 59.3 Å². The maximum Gasteiger partial charge on any atom is 0.328 e. The molecule has 0 aliphatic heterocycles. The smallest absolute Gasteiger partial charge is 0.328 e. The van der Waals surface area contributed by atoms with Crippen molar-refractivity contribution in [1.82, 2.24) is 10.6 Å². The summed E-state index contributed by atoms with van der Waals surface area (Å²) in [6.45, 7) is 3.43. The number of carbonyl (C=O) groups is 4. The summed E-state index contributed by atoms with van der Waals surface area (Å²) in [6.07, 6.45) is 37.8. The largest absolute Gasteiger partial charge is 0.480 e. The molecule has 9 heteroatoms. The fourth-order valence-corrected chi connectivity index (χ4v) is 5.80. The monoisotopic (exact) mass is 707 g/mol. The third-order valence-electron chi connectivity index (χ3n) is 8.95. The van der Waals surface area contributed by atoms with E-state index in [9.17, 15) is 19.2 Å². The van der Waals surface area contributed by atoms with Gasteiger partial charge in [-0.2, -0.15) is 0 Å². The Labute approximate surface area is 304 Å². The number of amides is 2. The van der Waals surface area contributed by atoms with Crippen LogP contribution in [0.15, 0.2) is 24.3 Å². The van der Waals surface area contributed by atoms with Gasteiger partial charge in [0.05, 0.1) is 13.2 Å². The molecule has 4 N–H and O–H groups in total. The van der Waals surface area contributed by atoms with E-state index in [0.717, 1.165) is 83.5 Å². The molecular formula is C41H74N2O7. The summed E-state index contributed by atoms with van der Waals surface area (Å²) in [4.78, 5) is 47.3. The third kappa shape index (κ3) is 32.5. The molecule has 2 amide bonds. The molecule has 0 radical (unpaired) electrons. The summed E-state index contributed by atoms with van der Waals surface area (Å²) in [7, 11) is 0. The van der Waals surface area contributed by atoms with Gasteiger partial charge >= 0.3 is 11.9 Å². The van der Waals surface area contributed by atoms with Crippen LogP contribution in [0.1, 0.15) is 187 Å². The number of aliphatic hydroxyl groups excluding tert-OH is 1. The van der Waals surface area contributed by atoms with Crippen LogP contribution in [0.25, 0.3) is 0 Å². The number of aliphatic hydroxyl groups is 1. The summed E-state index contributed by atoms with van der Waals surface area (Å²) in [5.41, 5.74) is 0. The van der Waals surface area contributed by atoms with Crippen molar-refractivity contribution in [2.75, 3.05) is 13.2 Å². The van der Waals surface area contributed by atoms with Crippen molar-refractivity contribution in [2.45, 2.75) is 199 Å². The molecule has 50 heavy (non-hydrogen) atoms. The van der Waals surface area contributed by atoms with Gasteiger partial charge < -0.3 is 25.6 Å². The maximum atomic E-state index is 12.6. The van der Waals surface area contributed by atoms with Gasteiger partial charge in [0.15, 0.2) is 0 Å². The highest BCUT2D eigenvalue weighted by Crippen LogP contribution is 2.18. The van der Waals surface area contributed by atoms with E-state index in [1.165, 1.54) is 70.6 Å². The lowest BCUT2D eigenvalue weighted by Crippen LogP contribution is -2.47. The molecule has 0 fully saturated rings. The van der Waals surface area contributed by atoms with Crippen LogP contribution in [-0.2, 0) is 23.9 Å². The molecule has 0 saturated carbocycles. The van der Waals surface area contributed by atoms with Crippen molar-refractivity contribution in [3.63, 3.8) is 0 Å². The second-order valence-corrected chi connectivity index (χ2v) is 13.7. The fourth-order valence-electron chi connectivity index (χ4n) is 5.80. The van der Waals surface area contributed by atoms with Gasteiger partial charge in [-0.25, -0.2) is 4.79 Å². The van der Waals surface area contributed by atoms with Crippen molar-refractivity contribution < 1.29 is 34.1 Å². The number of ether oxygens (including phenoxy) is 1. The van der Waals surface area contributed by atoms with Crippen molar-refractivity contribution in [1.29, 1.82) is 0 Å². The van der Waals surface area contributed by atoms with Crippen molar-refractivity contribution >= 4 is 23.8 Å². The molecule has 0 rings (SSSR count). The van der Waals surface area contributed by atoms with Gasteiger partial charge in [-0.05, 0) is 70.6 Å². The lowest BCUT2D eigenvalue weighted by atomic mass is 10.0. The summed E-state index contributed by atoms with van der Waals surface area (Å²) in [6, 6.07) is -1.38. The predicted octanol–water partition coefficient (Wildman–Crippen LogP) is 9.26. The Morgan fingerprint density at radius 1 is 0.600 bits per heavy atom. The zero-order valence-corrected chi connectivity index (χ0v) is 31.9. The summed E-state index contributed by atoms with van der Waals surface area (Å²) in [5, 5.41) is 22.5. The van der Waals surface area contributed by atoms with Gasteiger partial charge in [0.1, 0.15) is 12.1 Å². The van der Waals surface area contributed by atoms with Gasteiger partial charge in [-0.1, -0.05) is 128 Å². The Morgan fingerprint density at radius 2 is 1.08 bits per heavy atom. The van der Waals surface area contributed by atoms with Gasteiger partial charge in [0.25, 0.3) is 0 Å². The number of hydrogen-bond donors (Lipinski definition) is 4. The fraction of sp³-hybridized carbons (Fsp3) is 0.805. The number of hydrogen-bond acceptors (Lipinski definition) is 6. The van der Waals surface area contributed by atoms with Crippen molar-refractivity contribution in [2.24, 2.45) is 0 Å². The molecule has 0 aliphatic rings. The molecule has 0 aromatic heterocycles. The number of carboxylic acid groups (broad SMARTS) is 1. The first-order chi connectivity index (χ1) is 24.3. The van der Waals surface area contributed by atoms with E-state index in [0.29, 0.717) is 19.3 Å². The van der Waals surface area contributed by atoms with Crippen LogP contribution in [0.3, 0.4) is 0 Å². The minimum Gasteiger partial charge on any atom is -0.480 e. The van der Waals surface area contributed by atoms with Crippen molar-refractivity contribution in [3.05, 3.63) is 24.3 Å². The summed E-state index contributed by atoms with van der Waals surface area (Å²) in [5.74, 6) is -2.31. The Bertz CT molecular complexity index is 905. The minimum atomic E-state index is -1.38. The zero-order valence-electron chi connectivity index (χ0n) is 31.9. The number of nitrogens with one attached hydrogen (secondary N) is 2. The van der Waals surface area contributed by atoms with E-state index in [-0.39, 0.29) is 24.5 Å². The highest BCUT2D eigenvalue weighted by atomic mass is 16.5. The van der Waals surface area contributed by atoms with Gasteiger partial charge in [0, 0.05) is 12.8 Å². The Kier molecular flexibility index (Phi) is 34.2. The normalized spacial score (nSPS) is 12.7. The van der Waals surface area contributed by atoms with Gasteiger partial charge in [0.2, 0.25) is 11.8 Å². The molecule has 9 nitrogen and oxygen atoms in total. The number of rotatable bonds is 36. The Hall–Kier alpha value is -2.68. The molecule has 0 spiro atoms. The van der Waals surface area contributed by atoms with Crippen LogP contribution in [0, 0.1) is 0 Å². The van der Waals surface area contributed by atoms with Crippen LogP contribution < -0.4 is 10.6 Å². The summed E-state index contributed by atoms with van der Waals surface area (Å²) >= 11 is 0. The molecule has 0 aromatic rings. The summed E-state index contributed by atoms with van der Waals surface area (Å²) < 4.78 is 5.97. The molecule has 0 saturated heterocycles. The highest BCUT2D eigenvalue weighted by molar-refractivity contribution is 5.87. The lowest BCUT2D eigenvalue weighted by molar-refractivity contribution is -0.150. The average Bonchev–Trinajstić information content (AvgIpc) is 3.10. The van der Waals surface area contributed by atoms with E-state index >= 15 is 0 Å². The molecule has 2 unspecified atom stereocenters. The van der Waals surface area contributed by atoms with Crippen LogP contribution in [0.4, 0.5) is 0 Å². The Balaban J connectivity index is 4.31. The van der Waals surface area contributed by atoms with Gasteiger partial charge in [-0.3, -0.25) is 14.4 Å². The zero-order chi connectivity index (χ0) is 36.9. The number of aliphatic carboxylic acids is 1.